The van der Waals surface area contributed by atoms with E-state index in [9.17, 15) is 18.4 Å². The summed E-state index contributed by atoms with van der Waals surface area (Å²) in [5.41, 5.74) is 0.796. The lowest BCUT2D eigenvalue weighted by Gasteiger charge is -2.15. The smallest absolute Gasteiger partial charge is 0.387 e. The van der Waals surface area contributed by atoms with Gasteiger partial charge in [0, 0.05) is 6.42 Å². The van der Waals surface area contributed by atoms with Crippen molar-refractivity contribution < 1.29 is 18.3 Å². The third kappa shape index (κ3) is 4.67. The molecule has 0 bridgehead atoms. The van der Waals surface area contributed by atoms with Crippen molar-refractivity contribution >= 4 is 16.8 Å². The highest BCUT2D eigenvalue weighted by Crippen LogP contribution is 2.20. The molecule has 7 nitrogen and oxygen atoms in total. The molecular weight excluding hydrogens is 370 g/mol. The van der Waals surface area contributed by atoms with E-state index in [0.29, 0.717) is 16.5 Å². The summed E-state index contributed by atoms with van der Waals surface area (Å²) in [5.74, 6) is -0.291. The summed E-state index contributed by atoms with van der Waals surface area (Å²) in [7, 11) is 0. The van der Waals surface area contributed by atoms with Crippen LogP contribution in [0.15, 0.2) is 53.3 Å². The van der Waals surface area contributed by atoms with Crippen LogP contribution >= 0.6 is 0 Å². The predicted molar refractivity (Wildman–Crippen MR) is 98.0 cm³/mol. The van der Waals surface area contributed by atoms with E-state index >= 15 is 0 Å². The van der Waals surface area contributed by atoms with Crippen LogP contribution < -0.4 is 15.6 Å². The minimum Gasteiger partial charge on any atom is -0.435 e. The van der Waals surface area contributed by atoms with E-state index in [4.69, 9.17) is 0 Å². The molecule has 1 heterocycles. The van der Waals surface area contributed by atoms with Crippen LogP contribution in [-0.2, 0) is 11.3 Å². The maximum Gasteiger partial charge on any atom is 0.387 e. The Hall–Kier alpha value is -3.36. The number of aryl methyl sites for hydroxylation is 1. The van der Waals surface area contributed by atoms with Crippen molar-refractivity contribution in [2.24, 2.45) is 0 Å². The Balaban J connectivity index is 1.61. The van der Waals surface area contributed by atoms with Crippen molar-refractivity contribution in [3.63, 3.8) is 0 Å². The van der Waals surface area contributed by atoms with Gasteiger partial charge in [0.15, 0.2) is 0 Å². The molecule has 0 aliphatic heterocycles. The van der Waals surface area contributed by atoms with Crippen LogP contribution in [-0.4, -0.2) is 27.5 Å². The topological polar surface area (TPSA) is 86.1 Å². The summed E-state index contributed by atoms with van der Waals surface area (Å²) >= 11 is 0. The van der Waals surface area contributed by atoms with E-state index in [2.05, 4.69) is 20.4 Å². The molecule has 9 heteroatoms. The van der Waals surface area contributed by atoms with E-state index in [1.807, 2.05) is 0 Å². The lowest BCUT2D eigenvalue weighted by atomic mass is 10.1. The highest BCUT2D eigenvalue weighted by Gasteiger charge is 2.13. The van der Waals surface area contributed by atoms with Crippen molar-refractivity contribution in [2.45, 2.75) is 32.5 Å². The molecule has 0 spiro atoms. The first-order valence-corrected chi connectivity index (χ1v) is 8.60. The average Bonchev–Trinajstić information content (AvgIpc) is 2.67. The Morgan fingerprint density at radius 3 is 2.79 bits per heavy atom. The first-order chi connectivity index (χ1) is 13.4. The second-order valence-electron chi connectivity index (χ2n) is 6.13. The molecule has 0 aliphatic rings. The van der Waals surface area contributed by atoms with Crippen LogP contribution in [0.5, 0.6) is 5.75 Å². The first kappa shape index (κ1) is 19.4. The summed E-state index contributed by atoms with van der Waals surface area (Å²) in [6, 6.07) is 12.5. The minimum absolute atomic E-state index is 0.0183. The molecule has 0 fully saturated rings. The number of fused-ring (bicyclic) bond motifs is 1. The zero-order valence-electron chi connectivity index (χ0n) is 15.0. The van der Waals surface area contributed by atoms with Crippen LogP contribution in [0.25, 0.3) is 10.9 Å². The number of rotatable bonds is 7. The van der Waals surface area contributed by atoms with Crippen molar-refractivity contribution in [3.05, 3.63) is 64.4 Å². The van der Waals surface area contributed by atoms with Crippen LogP contribution in [0.1, 0.15) is 24.9 Å². The lowest BCUT2D eigenvalue weighted by Crippen LogP contribution is -2.30. The molecule has 3 aromatic rings. The fraction of sp³-hybridized carbons (Fsp3) is 0.263. The zero-order valence-corrected chi connectivity index (χ0v) is 15.0. The highest BCUT2D eigenvalue weighted by atomic mass is 19.3. The zero-order chi connectivity index (χ0) is 20.1. The average molecular weight is 388 g/mol. The van der Waals surface area contributed by atoms with Crippen molar-refractivity contribution in [2.75, 3.05) is 0 Å². The van der Waals surface area contributed by atoms with Crippen LogP contribution in [0.3, 0.4) is 0 Å². The lowest BCUT2D eigenvalue weighted by molar-refractivity contribution is -0.122. The summed E-state index contributed by atoms with van der Waals surface area (Å²) in [6.45, 7) is -1.12. The number of carbonyl (C=O) groups excluding carboxylic acids is 1. The maximum absolute atomic E-state index is 12.4. The molecule has 1 unspecified atom stereocenters. The third-order valence-corrected chi connectivity index (χ3v) is 4.14. The molecule has 0 saturated heterocycles. The van der Waals surface area contributed by atoms with Gasteiger partial charge in [-0.15, -0.1) is 5.10 Å². The number of benzene rings is 2. The van der Waals surface area contributed by atoms with Gasteiger partial charge in [-0.1, -0.05) is 29.5 Å². The largest absolute Gasteiger partial charge is 0.435 e. The molecule has 1 amide bonds. The van der Waals surface area contributed by atoms with Gasteiger partial charge >= 0.3 is 6.61 Å². The summed E-state index contributed by atoms with van der Waals surface area (Å²) in [4.78, 5) is 24.6. The normalized spacial score (nSPS) is 12.1. The van der Waals surface area contributed by atoms with Crippen LogP contribution in [0.4, 0.5) is 8.78 Å². The molecule has 0 saturated carbocycles. The van der Waals surface area contributed by atoms with Gasteiger partial charge in [0.2, 0.25) is 5.91 Å². The number of carbonyl (C=O) groups is 1. The van der Waals surface area contributed by atoms with E-state index in [1.54, 1.807) is 43.3 Å². The molecule has 3 rings (SSSR count). The van der Waals surface area contributed by atoms with Gasteiger partial charge in [-0.2, -0.15) is 8.78 Å². The fourth-order valence-electron chi connectivity index (χ4n) is 2.73. The van der Waals surface area contributed by atoms with Crippen LogP contribution in [0, 0.1) is 0 Å². The Bertz CT molecular complexity index is 1040. The molecule has 1 N–H and O–H groups in total. The molecule has 1 aromatic heterocycles. The van der Waals surface area contributed by atoms with Gasteiger partial charge in [0.25, 0.3) is 5.56 Å². The molecule has 2 aromatic carbocycles. The van der Waals surface area contributed by atoms with Crippen molar-refractivity contribution in [1.29, 1.82) is 0 Å². The molecule has 28 heavy (non-hydrogen) atoms. The number of halogens is 2. The highest BCUT2D eigenvalue weighted by molar-refractivity contribution is 5.77. The first-order valence-electron chi connectivity index (χ1n) is 8.60. The summed E-state index contributed by atoms with van der Waals surface area (Å²) < 4.78 is 30.2. The monoisotopic (exact) mass is 388 g/mol. The summed E-state index contributed by atoms with van der Waals surface area (Å²) in [6.07, 6.45) is 0.0183. The fourth-order valence-corrected chi connectivity index (χ4v) is 2.73. The van der Waals surface area contributed by atoms with Gasteiger partial charge in [0.1, 0.15) is 11.3 Å². The van der Waals surface area contributed by atoms with Crippen molar-refractivity contribution in [3.8, 4) is 5.75 Å². The number of alkyl halides is 2. The third-order valence-electron chi connectivity index (χ3n) is 4.14. The number of hydrogen-bond donors (Lipinski definition) is 1. The van der Waals surface area contributed by atoms with Gasteiger partial charge in [-0.05, 0) is 36.8 Å². The van der Waals surface area contributed by atoms with E-state index in [-0.39, 0.29) is 30.2 Å². The van der Waals surface area contributed by atoms with E-state index in [1.165, 1.54) is 12.1 Å². The molecule has 0 radical (unpaired) electrons. The van der Waals surface area contributed by atoms with E-state index in [0.717, 1.165) is 4.68 Å². The van der Waals surface area contributed by atoms with Gasteiger partial charge < -0.3 is 10.1 Å². The van der Waals surface area contributed by atoms with Crippen LogP contribution in [0.2, 0.25) is 0 Å². The Kier molecular flexibility index (Phi) is 5.93. The Morgan fingerprint density at radius 2 is 2.00 bits per heavy atom. The molecular formula is C19H18F2N4O3. The quantitative estimate of drug-likeness (QED) is 0.673. The molecule has 146 valence electrons. The Morgan fingerprint density at radius 1 is 1.21 bits per heavy atom. The van der Waals surface area contributed by atoms with Crippen molar-refractivity contribution in [1.82, 2.24) is 20.3 Å². The second kappa shape index (κ2) is 8.55. The number of aromatic nitrogens is 3. The number of nitrogens with one attached hydrogen (secondary N) is 1. The Labute approximate surface area is 158 Å². The SMILES string of the molecule is CC(NC(=O)CCn1nnc2ccccc2c1=O)c1cccc(OC(F)F)c1. The second-order valence-corrected chi connectivity index (χ2v) is 6.13. The van der Waals surface area contributed by atoms with Gasteiger partial charge in [-0.3, -0.25) is 9.59 Å². The number of amides is 1. The maximum atomic E-state index is 12.4. The standard InChI is InChI=1S/C19H18F2N4O3/c1-12(13-5-4-6-14(11-13)28-19(20)21)22-17(26)9-10-25-18(27)15-7-2-3-8-16(15)23-24-25/h2-8,11-12,19H,9-10H2,1H3,(H,22,26). The van der Waals surface area contributed by atoms with Gasteiger partial charge in [0.05, 0.1) is 18.0 Å². The van der Waals surface area contributed by atoms with Gasteiger partial charge in [-0.25, -0.2) is 4.68 Å². The van der Waals surface area contributed by atoms with E-state index < -0.39 is 12.7 Å². The number of nitrogens with zero attached hydrogens (tertiary/aromatic N) is 3. The predicted octanol–water partition coefficient (Wildman–Crippen LogP) is 2.66. The number of ether oxygens (including phenoxy) is 1. The summed E-state index contributed by atoms with van der Waals surface area (Å²) in [5, 5.41) is 11.0. The molecule has 0 aliphatic carbocycles. The number of hydrogen-bond acceptors (Lipinski definition) is 5. The minimum atomic E-state index is -2.92. The molecule has 1 atom stereocenters.